The molecule has 82 valence electrons. The number of amides is 1. The molecule has 0 aliphatic rings. The SMILES string of the molecule is O=C(CS)Nc1cccc(-n2ccnc2)c1. The van der Waals surface area contributed by atoms with Crippen LogP contribution in [-0.4, -0.2) is 21.2 Å². The molecule has 0 unspecified atom stereocenters. The molecule has 4 nitrogen and oxygen atoms in total. The number of carbonyl (C=O) groups is 1. The predicted molar refractivity (Wildman–Crippen MR) is 66.0 cm³/mol. The van der Waals surface area contributed by atoms with E-state index in [4.69, 9.17) is 0 Å². The maximum atomic E-state index is 11.2. The Hall–Kier alpha value is -1.75. The molecule has 0 spiro atoms. The Labute approximate surface area is 98.7 Å². The number of imidazole rings is 1. The summed E-state index contributed by atoms with van der Waals surface area (Å²) < 4.78 is 1.87. The van der Waals surface area contributed by atoms with Crippen LogP contribution in [0.25, 0.3) is 5.69 Å². The summed E-state index contributed by atoms with van der Waals surface area (Å²) in [6.45, 7) is 0. The zero-order valence-corrected chi connectivity index (χ0v) is 9.39. The second-order valence-electron chi connectivity index (χ2n) is 3.23. The number of hydrogen-bond acceptors (Lipinski definition) is 3. The average Bonchev–Trinajstić information content (AvgIpc) is 2.83. The van der Waals surface area contributed by atoms with Gasteiger partial charge < -0.3 is 9.88 Å². The lowest BCUT2D eigenvalue weighted by atomic mass is 10.2. The number of carbonyl (C=O) groups excluding carboxylic acids is 1. The number of nitrogens with zero attached hydrogens (tertiary/aromatic N) is 2. The molecular formula is C11H11N3OS. The van der Waals surface area contributed by atoms with Crippen molar-refractivity contribution in [1.82, 2.24) is 9.55 Å². The largest absolute Gasteiger partial charge is 0.325 e. The first-order chi connectivity index (χ1) is 7.79. The van der Waals surface area contributed by atoms with Crippen LogP contribution in [-0.2, 0) is 4.79 Å². The van der Waals surface area contributed by atoms with Gasteiger partial charge in [-0.3, -0.25) is 4.79 Å². The monoisotopic (exact) mass is 233 g/mol. The van der Waals surface area contributed by atoms with Crippen LogP contribution in [0.3, 0.4) is 0 Å². The lowest BCUT2D eigenvalue weighted by molar-refractivity contribution is -0.113. The van der Waals surface area contributed by atoms with Gasteiger partial charge in [-0.15, -0.1) is 0 Å². The standard InChI is InChI=1S/C11H11N3OS/c15-11(7-16)13-9-2-1-3-10(6-9)14-5-4-12-8-14/h1-6,8,16H,7H2,(H,13,15). The van der Waals surface area contributed by atoms with E-state index in [-0.39, 0.29) is 11.7 Å². The summed E-state index contributed by atoms with van der Waals surface area (Å²) in [5.74, 6) is 0.0566. The van der Waals surface area contributed by atoms with Crippen LogP contribution < -0.4 is 5.32 Å². The van der Waals surface area contributed by atoms with Crippen LogP contribution in [0.2, 0.25) is 0 Å². The van der Waals surface area contributed by atoms with Gasteiger partial charge in [0.25, 0.3) is 0 Å². The summed E-state index contributed by atoms with van der Waals surface area (Å²) in [6, 6.07) is 7.53. The minimum absolute atomic E-state index is 0.119. The number of benzene rings is 1. The Morgan fingerprint density at radius 1 is 1.50 bits per heavy atom. The van der Waals surface area contributed by atoms with Crippen molar-refractivity contribution in [1.29, 1.82) is 0 Å². The van der Waals surface area contributed by atoms with Crippen LogP contribution in [0.1, 0.15) is 0 Å². The third kappa shape index (κ3) is 2.43. The highest BCUT2D eigenvalue weighted by atomic mass is 32.1. The molecule has 5 heteroatoms. The second kappa shape index (κ2) is 4.85. The van der Waals surface area contributed by atoms with E-state index in [1.54, 1.807) is 12.5 Å². The van der Waals surface area contributed by atoms with Gasteiger partial charge in [-0.25, -0.2) is 4.98 Å². The van der Waals surface area contributed by atoms with Gasteiger partial charge >= 0.3 is 0 Å². The normalized spacial score (nSPS) is 10.1. The summed E-state index contributed by atoms with van der Waals surface area (Å²) in [7, 11) is 0. The molecule has 0 bridgehead atoms. The van der Waals surface area contributed by atoms with Crippen molar-refractivity contribution in [2.24, 2.45) is 0 Å². The van der Waals surface area contributed by atoms with Gasteiger partial charge in [0.15, 0.2) is 0 Å². The fourth-order valence-electron chi connectivity index (χ4n) is 1.36. The van der Waals surface area contributed by atoms with E-state index in [2.05, 4.69) is 22.9 Å². The van der Waals surface area contributed by atoms with Gasteiger partial charge in [0.2, 0.25) is 5.91 Å². The Morgan fingerprint density at radius 2 is 2.38 bits per heavy atom. The number of nitrogens with one attached hydrogen (secondary N) is 1. The lowest BCUT2D eigenvalue weighted by Gasteiger charge is -2.06. The molecule has 2 aromatic rings. The number of hydrogen-bond donors (Lipinski definition) is 2. The summed E-state index contributed by atoms with van der Waals surface area (Å²) in [4.78, 5) is 15.1. The third-order valence-corrected chi connectivity index (χ3v) is 2.36. The van der Waals surface area contributed by atoms with E-state index in [1.807, 2.05) is 35.0 Å². The highest BCUT2D eigenvalue weighted by Gasteiger charge is 2.01. The number of thiol groups is 1. The van der Waals surface area contributed by atoms with E-state index in [0.717, 1.165) is 11.4 Å². The van der Waals surface area contributed by atoms with E-state index in [1.165, 1.54) is 0 Å². The van der Waals surface area contributed by atoms with Gasteiger partial charge in [0, 0.05) is 23.8 Å². The highest BCUT2D eigenvalue weighted by molar-refractivity contribution is 7.81. The van der Waals surface area contributed by atoms with Crippen LogP contribution >= 0.6 is 12.6 Å². The molecule has 0 saturated carbocycles. The fourth-order valence-corrected chi connectivity index (χ4v) is 1.44. The first-order valence-electron chi connectivity index (χ1n) is 4.79. The molecule has 1 heterocycles. The van der Waals surface area contributed by atoms with E-state index < -0.39 is 0 Å². The maximum Gasteiger partial charge on any atom is 0.234 e. The molecule has 2 rings (SSSR count). The summed E-state index contributed by atoms with van der Waals surface area (Å²) in [6.07, 6.45) is 5.26. The number of rotatable bonds is 3. The molecule has 0 fully saturated rings. The first-order valence-corrected chi connectivity index (χ1v) is 5.42. The van der Waals surface area contributed by atoms with Gasteiger partial charge in [-0.05, 0) is 18.2 Å². The lowest BCUT2D eigenvalue weighted by Crippen LogP contribution is -2.12. The van der Waals surface area contributed by atoms with Crippen molar-refractivity contribution in [3.8, 4) is 5.69 Å². The topological polar surface area (TPSA) is 46.9 Å². The van der Waals surface area contributed by atoms with Crippen LogP contribution in [0, 0.1) is 0 Å². The second-order valence-corrected chi connectivity index (χ2v) is 3.54. The zero-order chi connectivity index (χ0) is 11.4. The van der Waals surface area contributed by atoms with Gasteiger partial charge in [0.1, 0.15) is 0 Å². The predicted octanol–water partition coefficient (Wildman–Crippen LogP) is 1.74. The van der Waals surface area contributed by atoms with Crippen LogP contribution in [0.5, 0.6) is 0 Å². The van der Waals surface area contributed by atoms with E-state index >= 15 is 0 Å². The Morgan fingerprint density at radius 3 is 3.06 bits per heavy atom. The van der Waals surface area contributed by atoms with Crippen molar-refractivity contribution in [3.05, 3.63) is 43.0 Å². The maximum absolute atomic E-state index is 11.2. The summed E-state index contributed by atoms with van der Waals surface area (Å²) in [5, 5.41) is 2.74. The first kappa shape index (κ1) is 10.8. The zero-order valence-electron chi connectivity index (χ0n) is 8.50. The highest BCUT2D eigenvalue weighted by Crippen LogP contribution is 2.14. The molecule has 1 aromatic carbocycles. The summed E-state index contributed by atoms with van der Waals surface area (Å²) in [5.41, 5.74) is 1.71. The number of aromatic nitrogens is 2. The van der Waals surface area contributed by atoms with E-state index in [9.17, 15) is 4.79 Å². The Balaban J connectivity index is 2.23. The van der Waals surface area contributed by atoms with Crippen LogP contribution in [0.15, 0.2) is 43.0 Å². The molecule has 1 aromatic heterocycles. The minimum Gasteiger partial charge on any atom is -0.325 e. The van der Waals surface area contributed by atoms with Gasteiger partial charge in [0.05, 0.1) is 12.1 Å². The van der Waals surface area contributed by atoms with E-state index in [0.29, 0.717) is 0 Å². The smallest absolute Gasteiger partial charge is 0.234 e. The van der Waals surface area contributed by atoms with Gasteiger partial charge in [-0.2, -0.15) is 12.6 Å². The van der Waals surface area contributed by atoms with Gasteiger partial charge in [-0.1, -0.05) is 6.07 Å². The minimum atomic E-state index is -0.119. The van der Waals surface area contributed by atoms with Crippen molar-refractivity contribution in [2.45, 2.75) is 0 Å². The van der Waals surface area contributed by atoms with Crippen LogP contribution in [0.4, 0.5) is 5.69 Å². The molecule has 0 aliphatic heterocycles. The molecule has 0 atom stereocenters. The molecule has 0 aliphatic carbocycles. The molecule has 16 heavy (non-hydrogen) atoms. The number of anilines is 1. The summed E-state index contributed by atoms with van der Waals surface area (Å²) >= 11 is 3.90. The molecule has 1 N–H and O–H groups in total. The van der Waals surface area contributed by atoms with Crippen molar-refractivity contribution < 1.29 is 4.79 Å². The average molecular weight is 233 g/mol. The quantitative estimate of drug-likeness (QED) is 0.793. The van der Waals surface area contributed by atoms with Crippen molar-refractivity contribution in [2.75, 3.05) is 11.1 Å². The molecular weight excluding hydrogens is 222 g/mol. The Bertz CT molecular complexity index is 482. The molecule has 1 amide bonds. The fraction of sp³-hybridized carbons (Fsp3) is 0.0909. The Kier molecular flexibility index (Phi) is 3.26. The molecule has 0 saturated heterocycles. The van der Waals surface area contributed by atoms with Crippen molar-refractivity contribution >= 4 is 24.2 Å². The molecule has 0 radical (unpaired) electrons. The third-order valence-electron chi connectivity index (χ3n) is 2.08. The van der Waals surface area contributed by atoms with Crippen molar-refractivity contribution in [3.63, 3.8) is 0 Å².